The van der Waals surface area contributed by atoms with Gasteiger partial charge >= 0.3 is 0 Å². The van der Waals surface area contributed by atoms with Crippen molar-refractivity contribution >= 4 is 33.0 Å². The first-order chi connectivity index (χ1) is 13.0. The Hall–Kier alpha value is -2.06. The third-order valence-corrected chi connectivity index (χ3v) is 5.50. The number of hydrogen-bond acceptors (Lipinski definition) is 1. The molecule has 0 bridgehead atoms. The van der Waals surface area contributed by atoms with E-state index in [2.05, 4.69) is 109 Å². The van der Waals surface area contributed by atoms with Crippen molar-refractivity contribution in [1.29, 1.82) is 0 Å². The summed E-state index contributed by atoms with van der Waals surface area (Å²) in [6.07, 6.45) is 3.63. The summed E-state index contributed by atoms with van der Waals surface area (Å²) < 4.78 is 1.10. The van der Waals surface area contributed by atoms with Crippen LogP contribution in [0.1, 0.15) is 42.0 Å². The smallest absolute Gasteiger partial charge is 0.0520 e. The molecule has 0 spiro atoms. The van der Waals surface area contributed by atoms with Crippen LogP contribution < -0.4 is 4.90 Å². The Balaban J connectivity index is 2.13. The number of nitrogens with zero attached hydrogens (tertiary/aromatic N) is 1. The van der Waals surface area contributed by atoms with E-state index in [9.17, 15) is 0 Å². The standard InChI is InChI=1S/C25H28BrN/c1-5-6-7-21-16-19(3)25(20(4)17-21)27(23-12-8-18(2)9-13-23)24-14-10-22(26)11-15-24/h8-17H,5-7H2,1-4H3. The van der Waals surface area contributed by atoms with E-state index < -0.39 is 0 Å². The summed E-state index contributed by atoms with van der Waals surface area (Å²) in [5.74, 6) is 0. The average Bonchev–Trinajstić information content (AvgIpc) is 2.65. The fourth-order valence-corrected chi connectivity index (χ4v) is 3.88. The molecule has 3 rings (SSSR count). The van der Waals surface area contributed by atoms with Gasteiger partial charge in [-0.15, -0.1) is 0 Å². The molecule has 0 fully saturated rings. The zero-order chi connectivity index (χ0) is 19.4. The molecule has 0 saturated heterocycles. The lowest BCUT2D eigenvalue weighted by Gasteiger charge is -2.29. The van der Waals surface area contributed by atoms with Crippen molar-refractivity contribution in [2.24, 2.45) is 0 Å². The number of halogens is 1. The molecule has 27 heavy (non-hydrogen) atoms. The van der Waals surface area contributed by atoms with E-state index >= 15 is 0 Å². The lowest BCUT2D eigenvalue weighted by Crippen LogP contribution is -2.13. The maximum atomic E-state index is 3.56. The molecule has 0 unspecified atom stereocenters. The number of unbranched alkanes of at least 4 members (excludes halogenated alkanes) is 1. The maximum absolute atomic E-state index is 3.56. The first kappa shape index (κ1) is 19.7. The molecule has 3 aromatic carbocycles. The van der Waals surface area contributed by atoms with Gasteiger partial charge in [-0.25, -0.2) is 0 Å². The van der Waals surface area contributed by atoms with Gasteiger partial charge < -0.3 is 4.90 Å². The summed E-state index contributed by atoms with van der Waals surface area (Å²) >= 11 is 3.56. The molecule has 0 heterocycles. The summed E-state index contributed by atoms with van der Waals surface area (Å²) in [6.45, 7) is 8.85. The van der Waals surface area contributed by atoms with Gasteiger partial charge in [0.05, 0.1) is 5.69 Å². The van der Waals surface area contributed by atoms with Crippen molar-refractivity contribution in [2.75, 3.05) is 4.90 Å². The monoisotopic (exact) mass is 421 g/mol. The Morgan fingerprint density at radius 1 is 0.778 bits per heavy atom. The van der Waals surface area contributed by atoms with E-state index in [1.807, 2.05) is 0 Å². The van der Waals surface area contributed by atoms with Gasteiger partial charge in [0.1, 0.15) is 0 Å². The Bertz CT molecular complexity index is 826. The quantitative estimate of drug-likeness (QED) is 0.387. The van der Waals surface area contributed by atoms with Crippen molar-refractivity contribution < 1.29 is 0 Å². The fourth-order valence-electron chi connectivity index (χ4n) is 3.61. The summed E-state index contributed by atoms with van der Waals surface area (Å²) in [6, 6.07) is 22.1. The Morgan fingerprint density at radius 2 is 1.30 bits per heavy atom. The lowest BCUT2D eigenvalue weighted by molar-refractivity contribution is 0.794. The molecule has 140 valence electrons. The van der Waals surface area contributed by atoms with Gasteiger partial charge in [0.25, 0.3) is 0 Å². The molecule has 2 heteroatoms. The highest BCUT2D eigenvalue weighted by atomic mass is 79.9. The molecule has 1 nitrogen and oxygen atoms in total. The third-order valence-electron chi connectivity index (χ3n) is 4.97. The second-order valence-electron chi connectivity index (χ2n) is 7.33. The van der Waals surface area contributed by atoms with Crippen molar-refractivity contribution in [2.45, 2.75) is 47.0 Å². The minimum absolute atomic E-state index is 1.10. The third kappa shape index (κ3) is 4.62. The van der Waals surface area contributed by atoms with E-state index in [4.69, 9.17) is 0 Å². The second-order valence-corrected chi connectivity index (χ2v) is 8.24. The summed E-state index contributed by atoms with van der Waals surface area (Å²) in [5, 5.41) is 0. The molecular weight excluding hydrogens is 394 g/mol. The van der Waals surface area contributed by atoms with Gasteiger partial charge in [-0.2, -0.15) is 0 Å². The average molecular weight is 422 g/mol. The number of aryl methyl sites for hydroxylation is 4. The van der Waals surface area contributed by atoms with E-state index in [-0.39, 0.29) is 0 Å². The van der Waals surface area contributed by atoms with Gasteiger partial charge in [-0.3, -0.25) is 0 Å². The zero-order valence-corrected chi connectivity index (χ0v) is 18.3. The van der Waals surface area contributed by atoms with Crippen molar-refractivity contribution in [1.82, 2.24) is 0 Å². The van der Waals surface area contributed by atoms with Crippen molar-refractivity contribution in [3.05, 3.63) is 87.4 Å². The molecule has 0 aliphatic heterocycles. The van der Waals surface area contributed by atoms with Crippen LogP contribution in [-0.2, 0) is 6.42 Å². The normalized spacial score (nSPS) is 10.9. The molecule has 0 amide bonds. The van der Waals surface area contributed by atoms with Crippen LogP contribution in [0.2, 0.25) is 0 Å². The first-order valence-corrected chi connectivity index (χ1v) is 10.5. The summed E-state index contributed by atoms with van der Waals surface area (Å²) in [5.41, 5.74) is 9.01. The molecule has 0 atom stereocenters. The molecule has 0 N–H and O–H groups in total. The minimum Gasteiger partial charge on any atom is -0.310 e. The van der Waals surface area contributed by atoms with Gasteiger partial charge in [0, 0.05) is 15.8 Å². The van der Waals surface area contributed by atoms with Gasteiger partial charge in [-0.1, -0.05) is 59.1 Å². The fraction of sp³-hybridized carbons (Fsp3) is 0.280. The number of hydrogen-bond donors (Lipinski definition) is 0. The van der Waals surface area contributed by atoms with E-state index in [0.717, 1.165) is 10.9 Å². The Kier molecular flexibility index (Phi) is 6.38. The van der Waals surface area contributed by atoms with Gasteiger partial charge in [-0.05, 0) is 86.7 Å². The highest BCUT2D eigenvalue weighted by molar-refractivity contribution is 9.10. The topological polar surface area (TPSA) is 3.24 Å². The zero-order valence-electron chi connectivity index (χ0n) is 16.7. The van der Waals surface area contributed by atoms with Gasteiger partial charge in [0.15, 0.2) is 0 Å². The molecule has 0 aliphatic rings. The molecule has 0 aromatic heterocycles. The first-order valence-electron chi connectivity index (χ1n) is 9.72. The predicted octanol–water partition coefficient (Wildman–Crippen LogP) is 8.19. The van der Waals surface area contributed by atoms with E-state index in [0.29, 0.717) is 0 Å². The van der Waals surface area contributed by atoms with E-state index in [1.165, 1.54) is 52.2 Å². The van der Waals surface area contributed by atoms with Crippen LogP contribution in [-0.4, -0.2) is 0 Å². The minimum atomic E-state index is 1.10. The largest absolute Gasteiger partial charge is 0.310 e. The maximum Gasteiger partial charge on any atom is 0.0520 e. The summed E-state index contributed by atoms with van der Waals surface area (Å²) in [7, 11) is 0. The van der Waals surface area contributed by atoms with Crippen molar-refractivity contribution in [3.63, 3.8) is 0 Å². The second kappa shape index (κ2) is 8.75. The molecular formula is C25H28BrN. The molecule has 0 radical (unpaired) electrons. The van der Waals surface area contributed by atoms with Crippen LogP contribution in [0, 0.1) is 20.8 Å². The highest BCUT2D eigenvalue weighted by Gasteiger charge is 2.17. The lowest BCUT2D eigenvalue weighted by atomic mass is 9.99. The number of rotatable bonds is 6. The molecule has 3 aromatic rings. The van der Waals surface area contributed by atoms with Crippen LogP contribution >= 0.6 is 15.9 Å². The molecule has 0 saturated carbocycles. The number of benzene rings is 3. The van der Waals surface area contributed by atoms with Crippen LogP contribution in [0.15, 0.2) is 65.1 Å². The highest BCUT2D eigenvalue weighted by Crippen LogP contribution is 2.39. The van der Waals surface area contributed by atoms with Crippen LogP contribution in [0.25, 0.3) is 0 Å². The number of anilines is 3. The van der Waals surface area contributed by atoms with Crippen LogP contribution in [0.5, 0.6) is 0 Å². The van der Waals surface area contributed by atoms with Crippen LogP contribution in [0.4, 0.5) is 17.1 Å². The molecule has 0 aliphatic carbocycles. The predicted molar refractivity (Wildman–Crippen MR) is 122 cm³/mol. The van der Waals surface area contributed by atoms with Gasteiger partial charge in [0.2, 0.25) is 0 Å². The van der Waals surface area contributed by atoms with Crippen LogP contribution in [0.3, 0.4) is 0 Å². The summed E-state index contributed by atoms with van der Waals surface area (Å²) in [4.78, 5) is 2.38. The SMILES string of the molecule is CCCCc1cc(C)c(N(c2ccc(C)cc2)c2ccc(Br)cc2)c(C)c1. The Labute approximate surface area is 172 Å². The van der Waals surface area contributed by atoms with E-state index in [1.54, 1.807) is 0 Å². The van der Waals surface area contributed by atoms with Crippen molar-refractivity contribution in [3.8, 4) is 0 Å². The Morgan fingerprint density at radius 3 is 1.81 bits per heavy atom.